The van der Waals surface area contributed by atoms with E-state index in [1.165, 1.54) is 11.6 Å². The van der Waals surface area contributed by atoms with E-state index in [0.717, 1.165) is 41.5 Å². The number of unbranched alkanes of at least 4 members (excludes halogenated alkanes) is 1. The molecule has 0 bridgehead atoms. The minimum atomic E-state index is -0.329. The minimum Gasteiger partial charge on any atom is -0.280 e. The van der Waals surface area contributed by atoms with Crippen LogP contribution < -0.4 is 11.2 Å². The molecule has 2 aromatic heterocycles. The first-order chi connectivity index (χ1) is 9.51. The second kappa shape index (κ2) is 5.61. The normalized spacial score (nSPS) is 11.2. The van der Waals surface area contributed by atoms with E-state index in [9.17, 15) is 9.59 Å². The molecule has 0 aromatic carbocycles. The fourth-order valence-electron chi connectivity index (χ4n) is 2.43. The number of rotatable bonds is 4. The van der Waals surface area contributed by atoms with Crippen LogP contribution in [0.3, 0.4) is 0 Å². The smallest absolute Gasteiger partial charge is 0.280 e. The van der Waals surface area contributed by atoms with E-state index in [1.54, 1.807) is 7.05 Å². The van der Waals surface area contributed by atoms with E-state index in [4.69, 9.17) is 0 Å². The van der Waals surface area contributed by atoms with Gasteiger partial charge < -0.3 is 0 Å². The predicted octanol–water partition coefficient (Wildman–Crippen LogP) is 1.54. The lowest BCUT2D eigenvalue weighted by atomic mass is 10.0. The first-order valence-corrected chi connectivity index (χ1v) is 7.09. The van der Waals surface area contributed by atoms with Crippen LogP contribution in [0.25, 0.3) is 11.0 Å². The third-order valence-corrected chi connectivity index (χ3v) is 3.71. The number of pyridine rings is 1. The van der Waals surface area contributed by atoms with Crippen molar-refractivity contribution in [3.8, 4) is 0 Å². The summed E-state index contributed by atoms with van der Waals surface area (Å²) in [5.41, 5.74) is 1.86. The largest absolute Gasteiger partial charge is 0.332 e. The zero-order valence-corrected chi connectivity index (χ0v) is 12.6. The maximum Gasteiger partial charge on any atom is 0.332 e. The number of aromatic nitrogens is 3. The predicted molar refractivity (Wildman–Crippen MR) is 80.2 cm³/mol. The summed E-state index contributed by atoms with van der Waals surface area (Å²) in [7, 11) is 3.18. The van der Waals surface area contributed by atoms with Gasteiger partial charge in [0, 0.05) is 19.8 Å². The van der Waals surface area contributed by atoms with Gasteiger partial charge in [0.15, 0.2) is 0 Å². The Kier molecular flexibility index (Phi) is 4.06. The van der Waals surface area contributed by atoms with Crippen LogP contribution in [0.1, 0.15) is 37.9 Å². The number of fused-ring (bicyclic) bond motifs is 1. The van der Waals surface area contributed by atoms with Gasteiger partial charge in [-0.05, 0) is 30.9 Å². The van der Waals surface area contributed by atoms with Crippen molar-refractivity contribution in [1.29, 1.82) is 0 Å². The lowest BCUT2D eigenvalue weighted by Gasteiger charge is -2.12. The van der Waals surface area contributed by atoms with E-state index < -0.39 is 0 Å². The third-order valence-electron chi connectivity index (χ3n) is 3.71. The Hall–Kier alpha value is -1.91. The van der Waals surface area contributed by atoms with Crippen LogP contribution in [0.5, 0.6) is 0 Å². The molecule has 108 valence electrons. The van der Waals surface area contributed by atoms with E-state index in [-0.39, 0.29) is 11.2 Å². The molecule has 0 N–H and O–H groups in total. The summed E-state index contributed by atoms with van der Waals surface area (Å²) in [5, 5.41) is 0.584. The van der Waals surface area contributed by atoms with Crippen molar-refractivity contribution in [1.82, 2.24) is 14.1 Å². The molecule has 0 spiro atoms. The zero-order chi connectivity index (χ0) is 14.9. The van der Waals surface area contributed by atoms with Crippen LogP contribution >= 0.6 is 0 Å². The molecular formula is C15H21N3O2. The Balaban J connectivity index is 2.90. The summed E-state index contributed by atoms with van der Waals surface area (Å²) in [4.78, 5) is 28.9. The van der Waals surface area contributed by atoms with Gasteiger partial charge in [0.05, 0.1) is 5.39 Å². The number of nitrogens with zero attached hydrogens (tertiary/aromatic N) is 3. The van der Waals surface area contributed by atoms with Crippen LogP contribution in [0.2, 0.25) is 0 Å². The summed E-state index contributed by atoms with van der Waals surface area (Å²) < 4.78 is 2.62. The van der Waals surface area contributed by atoms with Crippen molar-refractivity contribution >= 4 is 11.0 Å². The van der Waals surface area contributed by atoms with Gasteiger partial charge in [0.1, 0.15) is 5.65 Å². The molecule has 5 nitrogen and oxygen atoms in total. The SMILES string of the molecule is CCCCc1cc(CC)nc2c1c(=O)n(C)c(=O)n2C. The number of hydrogen-bond acceptors (Lipinski definition) is 3. The van der Waals surface area contributed by atoms with Gasteiger partial charge >= 0.3 is 5.69 Å². The maximum atomic E-state index is 12.4. The molecule has 0 amide bonds. The molecule has 0 aliphatic rings. The van der Waals surface area contributed by atoms with Gasteiger partial charge in [0.2, 0.25) is 0 Å². The summed E-state index contributed by atoms with van der Waals surface area (Å²) in [6.45, 7) is 4.15. The highest BCUT2D eigenvalue weighted by Crippen LogP contribution is 2.16. The highest BCUT2D eigenvalue weighted by Gasteiger charge is 2.14. The topological polar surface area (TPSA) is 56.9 Å². The average Bonchev–Trinajstić information content (AvgIpc) is 2.47. The molecule has 0 radical (unpaired) electrons. The van der Waals surface area contributed by atoms with Crippen molar-refractivity contribution in [3.05, 3.63) is 38.2 Å². The van der Waals surface area contributed by atoms with Crippen LogP contribution in [-0.4, -0.2) is 14.1 Å². The van der Waals surface area contributed by atoms with Crippen LogP contribution in [-0.2, 0) is 26.9 Å². The Bertz CT molecular complexity index is 756. The molecule has 0 saturated heterocycles. The molecule has 2 aromatic rings. The molecule has 2 rings (SSSR count). The van der Waals surface area contributed by atoms with E-state index in [1.807, 2.05) is 13.0 Å². The fraction of sp³-hybridized carbons (Fsp3) is 0.533. The second-order valence-corrected chi connectivity index (χ2v) is 5.13. The molecule has 0 atom stereocenters. The monoisotopic (exact) mass is 275 g/mol. The van der Waals surface area contributed by atoms with Crippen molar-refractivity contribution in [2.24, 2.45) is 14.1 Å². The first kappa shape index (κ1) is 14.5. The fourth-order valence-corrected chi connectivity index (χ4v) is 2.43. The molecular weight excluding hydrogens is 254 g/mol. The quantitative estimate of drug-likeness (QED) is 0.850. The Morgan fingerprint density at radius 3 is 2.45 bits per heavy atom. The third kappa shape index (κ3) is 2.28. The van der Waals surface area contributed by atoms with Crippen molar-refractivity contribution < 1.29 is 0 Å². The highest BCUT2D eigenvalue weighted by atomic mass is 16.2. The Morgan fingerprint density at radius 1 is 1.15 bits per heavy atom. The van der Waals surface area contributed by atoms with Gasteiger partial charge in [-0.25, -0.2) is 9.78 Å². The van der Waals surface area contributed by atoms with Crippen LogP contribution in [0.15, 0.2) is 15.7 Å². The molecule has 0 aliphatic carbocycles. The molecule has 5 heteroatoms. The highest BCUT2D eigenvalue weighted by molar-refractivity contribution is 5.78. The summed E-state index contributed by atoms with van der Waals surface area (Å²) in [6, 6.07) is 2.00. The van der Waals surface area contributed by atoms with Gasteiger partial charge in [-0.2, -0.15) is 0 Å². The number of hydrogen-bond donors (Lipinski definition) is 0. The van der Waals surface area contributed by atoms with E-state index >= 15 is 0 Å². The van der Waals surface area contributed by atoms with Gasteiger partial charge in [-0.15, -0.1) is 0 Å². The maximum absolute atomic E-state index is 12.4. The van der Waals surface area contributed by atoms with Crippen molar-refractivity contribution in [2.75, 3.05) is 0 Å². The second-order valence-electron chi connectivity index (χ2n) is 5.13. The molecule has 0 aliphatic heterocycles. The van der Waals surface area contributed by atoms with E-state index in [0.29, 0.717) is 11.0 Å². The average molecular weight is 275 g/mol. The Morgan fingerprint density at radius 2 is 1.85 bits per heavy atom. The number of aryl methyl sites for hydroxylation is 3. The van der Waals surface area contributed by atoms with Gasteiger partial charge in [0.25, 0.3) is 5.56 Å². The van der Waals surface area contributed by atoms with Crippen LogP contribution in [0.4, 0.5) is 0 Å². The molecule has 0 unspecified atom stereocenters. The standard InChI is InChI=1S/C15H21N3O2/c1-5-7-8-10-9-11(6-2)16-13-12(10)14(19)18(4)15(20)17(13)3/h9H,5-8H2,1-4H3. The molecule has 20 heavy (non-hydrogen) atoms. The summed E-state index contributed by atoms with van der Waals surface area (Å²) >= 11 is 0. The summed E-state index contributed by atoms with van der Waals surface area (Å²) in [6.07, 6.45) is 3.72. The Labute approximate surface area is 117 Å². The lowest BCUT2D eigenvalue weighted by molar-refractivity contribution is 0.702. The minimum absolute atomic E-state index is 0.246. The first-order valence-electron chi connectivity index (χ1n) is 7.09. The van der Waals surface area contributed by atoms with Crippen molar-refractivity contribution in [2.45, 2.75) is 39.5 Å². The summed E-state index contributed by atoms with van der Waals surface area (Å²) in [5.74, 6) is 0. The molecule has 2 heterocycles. The zero-order valence-electron chi connectivity index (χ0n) is 12.6. The van der Waals surface area contributed by atoms with E-state index in [2.05, 4.69) is 11.9 Å². The lowest BCUT2D eigenvalue weighted by Crippen LogP contribution is -2.37. The van der Waals surface area contributed by atoms with Gasteiger partial charge in [-0.3, -0.25) is 13.9 Å². The van der Waals surface area contributed by atoms with Crippen molar-refractivity contribution in [3.63, 3.8) is 0 Å². The molecule has 0 saturated carbocycles. The van der Waals surface area contributed by atoms with Crippen LogP contribution in [0, 0.1) is 0 Å². The molecule has 0 fully saturated rings. The van der Waals surface area contributed by atoms with Gasteiger partial charge in [-0.1, -0.05) is 20.3 Å².